The molecule has 90 valence electrons. The van der Waals surface area contributed by atoms with Crippen molar-refractivity contribution in [2.75, 3.05) is 5.75 Å². The van der Waals surface area contributed by atoms with Gasteiger partial charge in [0.25, 0.3) is 5.92 Å². The Morgan fingerprint density at radius 2 is 1.75 bits per heavy atom. The van der Waals surface area contributed by atoms with Crippen LogP contribution in [-0.2, 0) is 15.0 Å². The van der Waals surface area contributed by atoms with E-state index in [9.17, 15) is 17.2 Å². The highest BCUT2D eigenvalue weighted by Crippen LogP contribution is 2.32. The van der Waals surface area contributed by atoms with E-state index in [0.29, 0.717) is 0 Å². The highest BCUT2D eigenvalue weighted by Gasteiger charge is 2.32. The number of rotatable bonds is 4. The number of aryl methyl sites for hydroxylation is 1. The lowest BCUT2D eigenvalue weighted by Gasteiger charge is -2.15. The standard InChI is InChI=1S/C10H11ClF2O2S/c1-8-2-4-9(5-3-8)10(12,13)6-7-16(11,14)15/h2-5H,6-7H2,1H3. The molecule has 0 aliphatic rings. The third kappa shape index (κ3) is 4.06. The van der Waals surface area contributed by atoms with Crippen LogP contribution >= 0.6 is 10.7 Å². The largest absolute Gasteiger partial charge is 0.274 e. The van der Waals surface area contributed by atoms with E-state index in [1.807, 2.05) is 0 Å². The first kappa shape index (κ1) is 13.4. The van der Waals surface area contributed by atoms with Crippen molar-refractivity contribution in [3.05, 3.63) is 35.4 Å². The molecule has 0 N–H and O–H groups in total. The van der Waals surface area contributed by atoms with Crippen LogP contribution in [0.1, 0.15) is 17.5 Å². The molecule has 0 heterocycles. The van der Waals surface area contributed by atoms with Crippen LogP contribution in [0.2, 0.25) is 0 Å². The average molecular weight is 269 g/mol. The fourth-order valence-corrected chi connectivity index (χ4v) is 1.92. The number of alkyl halides is 2. The van der Waals surface area contributed by atoms with E-state index in [2.05, 4.69) is 0 Å². The van der Waals surface area contributed by atoms with Crippen molar-refractivity contribution in [3.63, 3.8) is 0 Å². The van der Waals surface area contributed by atoms with Gasteiger partial charge in [0.05, 0.1) is 5.75 Å². The molecule has 1 rings (SSSR count). The fourth-order valence-electron chi connectivity index (χ4n) is 1.19. The monoisotopic (exact) mass is 268 g/mol. The zero-order chi connectivity index (χ0) is 12.4. The molecule has 6 heteroatoms. The topological polar surface area (TPSA) is 34.1 Å². The summed E-state index contributed by atoms with van der Waals surface area (Å²) in [7, 11) is 1.01. The molecule has 0 saturated heterocycles. The van der Waals surface area contributed by atoms with Crippen molar-refractivity contribution in [2.45, 2.75) is 19.3 Å². The maximum absolute atomic E-state index is 13.5. The van der Waals surface area contributed by atoms with Gasteiger partial charge >= 0.3 is 0 Å². The molecule has 0 radical (unpaired) electrons. The maximum atomic E-state index is 13.5. The number of benzene rings is 1. The minimum absolute atomic E-state index is 0.196. The lowest BCUT2D eigenvalue weighted by molar-refractivity contribution is -0.00737. The van der Waals surface area contributed by atoms with E-state index in [4.69, 9.17) is 10.7 Å². The molecule has 1 aromatic rings. The molecule has 0 amide bonds. The van der Waals surface area contributed by atoms with Gasteiger partial charge in [0, 0.05) is 22.7 Å². The van der Waals surface area contributed by atoms with Gasteiger partial charge in [-0.2, -0.15) is 0 Å². The molecular weight excluding hydrogens is 258 g/mol. The third-order valence-electron chi connectivity index (χ3n) is 2.13. The molecule has 0 aliphatic heterocycles. The second kappa shape index (κ2) is 4.67. The predicted octanol–water partition coefficient (Wildman–Crippen LogP) is 3.05. The van der Waals surface area contributed by atoms with Crippen molar-refractivity contribution in [1.29, 1.82) is 0 Å². The second-order valence-electron chi connectivity index (χ2n) is 3.56. The van der Waals surface area contributed by atoms with Gasteiger partial charge in [0.1, 0.15) is 0 Å². The first-order valence-electron chi connectivity index (χ1n) is 4.58. The molecule has 1 aromatic carbocycles. The van der Waals surface area contributed by atoms with Crippen LogP contribution in [0.25, 0.3) is 0 Å². The van der Waals surface area contributed by atoms with Gasteiger partial charge in [-0.25, -0.2) is 17.2 Å². The Labute approximate surface area is 97.7 Å². The lowest BCUT2D eigenvalue weighted by Crippen LogP contribution is -2.17. The number of hydrogen-bond donors (Lipinski definition) is 0. The van der Waals surface area contributed by atoms with Gasteiger partial charge in [0.2, 0.25) is 9.05 Å². The minimum Gasteiger partial charge on any atom is -0.212 e. The summed E-state index contributed by atoms with van der Waals surface area (Å²) < 4.78 is 48.2. The highest BCUT2D eigenvalue weighted by molar-refractivity contribution is 8.13. The maximum Gasteiger partial charge on any atom is 0.274 e. The van der Waals surface area contributed by atoms with Crippen molar-refractivity contribution in [3.8, 4) is 0 Å². The first-order chi connectivity index (χ1) is 7.21. The number of hydrogen-bond acceptors (Lipinski definition) is 2. The summed E-state index contributed by atoms with van der Waals surface area (Å²) in [6.45, 7) is 1.78. The van der Waals surface area contributed by atoms with Crippen molar-refractivity contribution < 1.29 is 17.2 Å². The summed E-state index contributed by atoms with van der Waals surface area (Å²) in [4.78, 5) is 0. The summed E-state index contributed by atoms with van der Waals surface area (Å²) in [5.74, 6) is -3.91. The van der Waals surface area contributed by atoms with Crippen LogP contribution in [-0.4, -0.2) is 14.2 Å². The van der Waals surface area contributed by atoms with E-state index in [-0.39, 0.29) is 5.56 Å². The SMILES string of the molecule is Cc1ccc(C(F)(F)CCS(=O)(=O)Cl)cc1. The van der Waals surface area contributed by atoms with E-state index in [1.165, 1.54) is 12.1 Å². The zero-order valence-electron chi connectivity index (χ0n) is 8.58. The molecule has 0 saturated carbocycles. The van der Waals surface area contributed by atoms with Gasteiger partial charge < -0.3 is 0 Å². The Balaban J connectivity index is 2.81. The molecule has 0 atom stereocenters. The quantitative estimate of drug-likeness (QED) is 0.787. The van der Waals surface area contributed by atoms with E-state index in [0.717, 1.165) is 5.56 Å². The van der Waals surface area contributed by atoms with Crippen molar-refractivity contribution in [1.82, 2.24) is 0 Å². The lowest BCUT2D eigenvalue weighted by atomic mass is 10.0. The molecule has 0 aliphatic carbocycles. The van der Waals surface area contributed by atoms with Gasteiger partial charge in [-0.15, -0.1) is 0 Å². The van der Waals surface area contributed by atoms with Gasteiger partial charge in [-0.05, 0) is 6.92 Å². The predicted molar refractivity (Wildman–Crippen MR) is 59.3 cm³/mol. The van der Waals surface area contributed by atoms with Crippen LogP contribution in [0.4, 0.5) is 8.78 Å². The zero-order valence-corrected chi connectivity index (χ0v) is 10.2. The Hall–Kier alpha value is -0.680. The van der Waals surface area contributed by atoms with Gasteiger partial charge in [0.15, 0.2) is 0 Å². The van der Waals surface area contributed by atoms with Gasteiger partial charge in [-0.1, -0.05) is 29.8 Å². The summed E-state index contributed by atoms with van der Waals surface area (Å²) in [6, 6.07) is 5.68. The van der Waals surface area contributed by atoms with Crippen molar-refractivity contribution >= 4 is 19.7 Å². The van der Waals surface area contributed by atoms with Gasteiger partial charge in [-0.3, -0.25) is 0 Å². The Bertz CT molecular complexity index is 454. The third-order valence-corrected chi connectivity index (χ3v) is 3.29. The van der Waals surface area contributed by atoms with E-state index < -0.39 is 27.1 Å². The van der Waals surface area contributed by atoms with Crippen LogP contribution in [0.3, 0.4) is 0 Å². The van der Waals surface area contributed by atoms with Crippen molar-refractivity contribution in [2.24, 2.45) is 0 Å². The molecule has 0 unspecified atom stereocenters. The molecule has 0 aromatic heterocycles. The first-order valence-corrected chi connectivity index (χ1v) is 7.06. The molecule has 16 heavy (non-hydrogen) atoms. The Morgan fingerprint density at radius 3 is 2.19 bits per heavy atom. The van der Waals surface area contributed by atoms with Crippen LogP contribution in [0.15, 0.2) is 24.3 Å². The summed E-state index contributed by atoms with van der Waals surface area (Å²) in [6.07, 6.45) is -0.804. The van der Waals surface area contributed by atoms with E-state index >= 15 is 0 Å². The summed E-state index contributed by atoms with van der Waals surface area (Å²) in [5, 5.41) is 0. The Morgan fingerprint density at radius 1 is 1.25 bits per heavy atom. The fraction of sp³-hybridized carbons (Fsp3) is 0.400. The highest BCUT2D eigenvalue weighted by atomic mass is 35.7. The normalized spacial score (nSPS) is 12.8. The molecule has 0 spiro atoms. The summed E-state index contributed by atoms with van der Waals surface area (Å²) >= 11 is 0. The van der Waals surface area contributed by atoms with E-state index in [1.54, 1.807) is 19.1 Å². The number of halogens is 3. The van der Waals surface area contributed by atoms with Crippen LogP contribution in [0, 0.1) is 6.92 Å². The molecule has 0 bridgehead atoms. The smallest absolute Gasteiger partial charge is 0.212 e. The second-order valence-corrected chi connectivity index (χ2v) is 6.46. The van der Waals surface area contributed by atoms with Crippen LogP contribution in [0.5, 0.6) is 0 Å². The average Bonchev–Trinajstić information content (AvgIpc) is 2.15. The summed E-state index contributed by atoms with van der Waals surface area (Å²) in [5.41, 5.74) is 0.669. The van der Waals surface area contributed by atoms with Crippen LogP contribution < -0.4 is 0 Å². The molecular formula is C10H11ClF2O2S. The molecule has 0 fully saturated rings. The molecule has 2 nitrogen and oxygen atoms in total. The minimum atomic E-state index is -3.88. The Kier molecular flexibility index (Phi) is 3.91.